The zero-order valence-corrected chi connectivity index (χ0v) is 19.6. The Labute approximate surface area is 196 Å². The van der Waals surface area contributed by atoms with Crippen molar-refractivity contribution in [2.45, 2.75) is 25.7 Å². The fourth-order valence-corrected chi connectivity index (χ4v) is 5.33. The number of nitrogens with zero attached hydrogens (tertiary/aromatic N) is 3. The molecular weight excluding hydrogens is 414 g/mol. The van der Waals surface area contributed by atoms with E-state index >= 15 is 0 Å². The molecule has 2 amide bonds. The van der Waals surface area contributed by atoms with Crippen molar-refractivity contribution >= 4 is 17.5 Å². The highest BCUT2D eigenvalue weighted by atomic mass is 16.5. The van der Waals surface area contributed by atoms with Gasteiger partial charge in [0.2, 0.25) is 11.8 Å². The molecule has 2 heterocycles. The summed E-state index contributed by atoms with van der Waals surface area (Å²) in [6.07, 6.45) is 1.98. The van der Waals surface area contributed by atoms with Crippen LogP contribution in [0.25, 0.3) is 0 Å². The van der Waals surface area contributed by atoms with Gasteiger partial charge >= 0.3 is 0 Å². The summed E-state index contributed by atoms with van der Waals surface area (Å²) in [7, 11) is 1.66. The summed E-state index contributed by atoms with van der Waals surface area (Å²) in [4.78, 5) is 32.9. The van der Waals surface area contributed by atoms with Crippen molar-refractivity contribution in [3.05, 3.63) is 59.7 Å². The van der Waals surface area contributed by atoms with Crippen LogP contribution in [0.4, 0.5) is 5.69 Å². The van der Waals surface area contributed by atoms with E-state index in [-0.39, 0.29) is 29.6 Å². The molecule has 2 saturated heterocycles. The van der Waals surface area contributed by atoms with Crippen LogP contribution in [0.3, 0.4) is 0 Å². The van der Waals surface area contributed by atoms with Crippen LogP contribution >= 0.6 is 0 Å². The molecule has 2 aromatic carbocycles. The minimum Gasteiger partial charge on any atom is -0.497 e. The van der Waals surface area contributed by atoms with Crippen molar-refractivity contribution in [3.8, 4) is 5.75 Å². The number of rotatable bonds is 5. The standard InChI is InChI=1S/C27H33N3O3/c1-19-5-3-4-6-25(19)28-13-15-29(16-14-28)27(32)24-18-30(26(31)21-7-8-21)17-23(24)20-9-11-22(33-2)12-10-20/h3-6,9-12,21,23-24H,7-8,13-18H2,1-2H3. The monoisotopic (exact) mass is 447 g/mol. The van der Waals surface area contributed by atoms with Gasteiger partial charge in [-0.25, -0.2) is 0 Å². The molecule has 2 aromatic rings. The summed E-state index contributed by atoms with van der Waals surface area (Å²) in [5.41, 5.74) is 3.63. The number of hydrogen-bond acceptors (Lipinski definition) is 4. The summed E-state index contributed by atoms with van der Waals surface area (Å²) in [6.45, 7) is 6.40. The maximum Gasteiger partial charge on any atom is 0.228 e. The Morgan fingerprint density at radius 3 is 2.18 bits per heavy atom. The first-order chi connectivity index (χ1) is 16.0. The second-order valence-electron chi connectivity index (χ2n) is 9.60. The topological polar surface area (TPSA) is 53.1 Å². The Morgan fingerprint density at radius 2 is 1.55 bits per heavy atom. The second kappa shape index (κ2) is 9.08. The van der Waals surface area contributed by atoms with Crippen LogP contribution < -0.4 is 9.64 Å². The van der Waals surface area contributed by atoms with Gasteiger partial charge in [-0.05, 0) is 49.1 Å². The quantitative estimate of drug-likeness (QED) is 0.706. The van der Waals surface area contributed by atoms with Gasteiger partial charge in [0.25, 0.3) is 0 Å². The first kappa shape index (κ1) is 21.8. The normalized spacial score (nSPS) is 23.0. The third-order valence-electron chi connectivity index (χ3n) is 7.47. The molecular formula is C27H33N3O3. The number of carbonyl (C=O) groups excluding carboxylic acids is 2. The molecule has 1 aliphatic carbocycles. The minimum atomic E-state index is -0.189. The number of benzene rings is 2. The Bertz CT molecular complexity index is 1010. The van der Waals surface area contributed by atoms with Crippen LogP contribution in [0.15, 0.2) is 48.5 Å². The van der Waals surface area contributed by atoms with Gasteiger partial charge in [-0.1, -0.05) is 30.3 Å². The number of ether oxygens (including phenoxy) is 1. The lowest BCUT2D eigenvalue weighted by atomic mass is 9.87. The van der Waals surface area contributed by atoms with E-state index in [2.05, 4.69) is 36.1 Å². The fourth-order valence-electron chi connectivity index (χ4n) is 5.33. The number of methoxy groups -OCH3 is 1. The zero-order valence-electron chi connectivity index (χ0n) is 19.6. The molecule has 3 aliphatic rings. The van der Waals surface area contributed by atoms with E-state index in [1.165, 1.54) is 11.3 Å². The lowest BCUT2D eigenvalue weighted by Crippen LogP contribution is -2.51. The summed E-state index contributed by atoms with van der Waals surface area (Å²) in [5.74, 6) is 1.23. The van der Waals surface area contributed by atoms with E-state index in [1.54, 1.807) is 7.11 Å². The number of aryl methyl sites for hydroxylation is 1. The Balaban J connectivity index is 1.31. The van der Waals surface area contributed by atoms with Gasteiger partial charge < -0.3 is 19.4 Å². The number of amides is 2. The van der Waals surface area contributed by atoms with E-state index in [0.29, 0.717) is 13.1 Å². The molecule has 0 radical (unpaired) electrons. The van der Waals surface area contributed by atoms with E-state index in [0.717, 1.165) is 50.3 Å². The Kier molecular flexibility index (Phi) is 6.00. The number of carbonyl (C=O) groups is 2. The van der Waals surface area contributed by atoms with Crippen LogP contribution in [0.2, 0.25) is 0 Å². The number of likely N-dealkylation sites (tertiary alicyclic amines) is 1. The van der Waals surface area contributed by atoms with Crippen molar-refractivity contribution in [2.24, 2.45) is 11.8 Å². The van der Waals surface area contributed by atoms with Crippen molar-refractivity contribution < 1.29 is 14.3 Å². The molecule has 1 saturated carbocycles. The Hall–Kier alpha value is -3.02. The average Bonchev–Trinajstić information content (AvgIpc) is 3.62. The zero-order chi connectivity index (χ0) is 22.9. The molecule has 5 rings (SSSR count). The predicted octanol–water partition coefficient (Wildman–Crippen LogP) is 3.30. The second-order valence-corrected chi connectivity index (χ2v) is 9.60. The number of anilines is 1. The molecule has 0 spiro atoms. The van der Waals surface area contributed by atoms with Gasteiger partial charge in [0.1, 0.15) is 5.75 Å². The maximum atomic E-state index is 13.7. The lowest BCUT2D eigenvalue weighted by Gasteiger charge is -2.38. The van der Waals surface area contributed by atoms with E-state index < -0.39 is 0 Å². The van der Waals surface area contributed by atoms with Crippen molar-refractivity contribution in [3.63, 3.8) is 0 Å². The summed E-state index contributed by atoms with van der Waals surface area (Å²) < 4.78 is 5.31. The van der Waals surface area contributed by atoms with Crippen molar-refractivity contribution in [1.82, 2.24) is 9.80 Å². The fraction of sp³-hybridized carbons (Fsp3) is 0.481. The third-order valence-corrected chi connectivity index (χ3v) is 7.47. The number of para-hydroxylation sites is 1. The Morgan fingerprint density at radius 1 is 0.848 bits per heavy atom. The highest BCUT2D eigenvalue weighted by molar-refractivity contribution is 5.85. The first-order valence-corrected chi connectivity index (χ1v) is 12.1. The van der Waals surface area contributed by atoms with Gasteiger partial charge in [-0.3, -0.25) is 9.59 Å². The molecule has 6 nitrogen and oxygen atoms in total. The SMILES string of the molecule is COc1ccc(C2CN(C(=O)C3CC3)CC2C(=O)N2CCN(c3ccccc3C)CC2)cc1. The van der Waals surface area contributed by atoms with Crippen LogP contribution in [0.5, 0.6) is 5.75 Å². The molecule has 2 unspecified atom stereocenters. The van der Waals surface area contributed by atoms with E-state index in [9.17, 15) is 9.59 Å². The summed E-state index contributed by atoms with van der Waals surface area (Å²) in [6, 6.07) is 16.4. The van der Waals surface area contributed by atoms with Gasteiger partial charge in [0.15, 0.2) is 0 Å². The van der Waals surface area contributed by atoms with E-state index in [4.69, 9.17) is 4.74 Å². The van der Waals surface area contributed by atoms with Crippen molar-refractivity contribution in [1.29, 1.82) is 0 Å². The largest absolute Gasteiger partial charge is 0.497 e. The summed E-state index contributed by atoms with van der Waals surface area (Å²) in [5, 5.41) is 0. The highest BCUT2D eigenvalue weighted by Crippen LogP contribution is 2.39. The molecule has 2 aliphatic heterocycles. The summed E-state index contributed by atoms with van der Waals surface area (Å²) >= 11 is 0. The third kappa shape index (κ3) is 4.43. The molecule has 0 aromatic heterocycles. The van der Waals surface area contributed by atoms with E-state index in [1.807, 2.05) is 34.1 Å². The molecule has 2 atom stereocenters. The minimum absolute atomic E-state index is 0.0282. The first-order valence-electron chi connectivity index (χ1n) is 12.1. The van der Waals surface area contributed by atoms with Crippen LogP contribution in [0.1, 0.15) is 29.9 Å². The number of piperazine rings is 1. The predicted molar refractivity (Wildman–Crippen MR) is 129 cm³/mol. The van der Waals surface area contributed by atoms with Crippen LogP contribution in [-0.2, 0) is 9.59 Å². The molecule has 3 fully saturated rings. The van der Waals surface area contributed by atoms with Gasteiger partial charge in [0, 0.05) is 56.8 Å². The maximum absolute atomic E-state index is 13.7. The molecule has 6 heteroatoms. The lowest BCUT2D eigenvalue weighted by molar-refractivity contribution is -0.136. The van der Waals surface area contributed by atoms with Gasteiger partial charge in [0.05, 0.1) is 13.0 Å². The van der Waals surface area contributed by atoms with Crippen LogP contribution in [0, 0.1) is 18.8 Å². The molecule has 174 valence electrons. The molecule has 0 N–H and O–H groups in total. The van der Waals surface area contributed by atoms with Gasteiger partial charge in [-0.15, -0.1) is 0 Å². The molecule has 0 bridgehead atoms. The molecule has 33 heavy (non-hydrogen) atoms. The van der Waals surface area contributed by atoms with Gasteiger partial charge in [-0.2, -0.15) is 0 Å². The van der Waals surface area contributed by atoms with Crippen molar-refractivity contribution in [2.75, 3.05) is 51.3 Å². The smallest absolute Gasteiger partial charge is 0.228 e. The number of hydrogen-bond donors (Lipinski definition) is 0. The van der Waals surface area contributed by atoms with Crippen LogP contribution in [-0.4, -0.2) is 68.0 Å². The highest BCUT2D eigenvalue weighted by Gasteiger charge is 2.45. The average molecular weight is 448 g/mol.